The Morgan fingerprint density at radius 3 is 2.30 bits per heavy atom. The number of nitrogens with zero attached hydrogens (tertiary/aromatic N) is 1. The summed E-state index contributed by atoms with van der Waals surface area (Å²) >= 11 is 0. The molecule has 0 atom stereocenters. The molecule has 119 valence electrons. The number of hydrogen-bond donors (Lipinski definition) is 2. The number of aryl methyl sites for hydroxylation is 1. The standard InChI is InChI=1S/C16H16N3O4/c1-4-6-17-15(20)22-10-13-8-12(3)19-9-14(13)11-23-16(21)18-7-5-2/h1-2,9H,6-7,10-11H2,3H3,(H,17,20)(H,18,21). The number of terminal acetylenes is 2. The number of alkyl carbamates (subject to hydrolysis) is 2. The summed E-state index contributed by atoms with van der Waals surface area (Å²) in [7, 11) is 0. The van der Waals surface area contributed by atoms with Crippen LogP contribution in [0.3, 0.4) is 0 Å². The highest BCUT2D eigenvalue weighted by molar-refractivity contribution is 5.68. The minimum absolute atomic E-state index is 0.0507. The molecule has 23 heavy (non-hydrogen) atoms. The van der Waals surface area contributed by atoms with Crippen molar-refractivity contribution >= 4 is 12.2 Å². The molecule has 0 aromatic carbocycles. The van der Waals surface area contributed by atoms with Crippen molar-refractivity contribution in [3.63, 3.8) is 0 Å². The van der Waals surface area contributed by atoms with Crippen molar-refractivity contribution in [3.05, 3.63) is 29.1 Å². The zero-order chi connectivity index (χ0) is 17.1. The highest BCUT2D eigenvalue weighted by Gasteiger charge is 2.10. The normalized spacial score (nSPS) is 9.17. The summed E-state index contributed by atoms with van der Waals surface area (Å²) in [5, 5.41) is 4.73. The number of rotatable bonds is 6. The van der Waals surface area contributed by atoms with Crippen molar-refractivity contribution in [1.29, 1.82) is 0 Å². The first kappa shape index (κ1) is 17.9. The molecule has 1 rings (SSSR count). The predicted molar refractivity (Wildman–Crippen MR) is 81.9 cm³/mol. The molecule has 2 N–H and O–H groups in total. The number of ether oxygens (including phenoxy) is 2. The van der Waals surface area contributed by atoms with Gasteiger partial charge < -0.3 is 20.1 Å². The molecule has 0 bridgehead atoms. The minimum Gasteiger partial charge on any atom is -0.445 e. The van der Waals surface area contributed by atoms with Crippen molar-refractivity contribution in [2.45, 2.75) is 20.1 Å². The molecule has 0 aliphatic rings. The van der Waals surface area contributed by atoms with Gasteiger partial charge >= 0.3 is 12.2 Å². The van der Waals surface area contributed by atoms with Crippen LogP contribution in [0.2, 0.25) is 0 Å². The summed E-state index contributed by atoms with van der Waals surface area (Å²) in [5.41, 5.74) is 1.74. The molecular weight excluding hydrogens is 298 g/mol. The number of nitrogens with one attached hydrogen (secondary N) is 2. The van der Waals surface area contributed by atoms with Crippen molar-refractivity contribution in [3.8, 4) is 24.7 Å². The van der Waals surface area contributed by atoms with E-state index in [2.05, 4.69) is 33.5 Å². The third kappa shape index (κ3) is 6.87. The Balaban J connectivity index is 2.62. The van der Waals surface area contributed by atoms with Gasteiger partial charge in [0, 0.05) is 29.1 Å². The van der Waals surface area contributed by atoms with Crippen LogP contribution in [0.5, 0.6) is 0 Å². The lowest BCUT2D eigenvalue weighted by atomic mass is 10.1. The van der Waals surface area contributed by atoms with Gasteiger partial charge in [0.2, 0.25) is 0 Å². The Bertz CT molecular complexity index is 644. The number of pyridine rings is 1. The molecule has 7 nitrogen and oxygen atoms in total. The van der Waals surface area contributed by atoms with Gasteiger partial charge in [-0.15, -0.1) is 12.8 Å². The van der Waals surface area contributed by atoms with E-state index >= 15 is 0 Å². The first-order valence-corrected chi connectivity index (χ1v) is 6.61. The lowest BCUT2D eigenvalue weighted by Gasteiger charge is -2.11. The lowest BCUT2D eigenvalue weighted by molar-refractivity contribution is 0.132. The monoisotopic (exact) mass is 314 g/mol. The summed E-state index contributed by atoms with van der Waals surface area (Å²) in [6.45, 7) is 1.78. The summed E-state index contributed by atoms with van der Waals surface area (Å²) in [6.07, 6.45) is 10.3. The van der Waals surface area contributed by atoms with Crippen LogP contribution in [0.4, 0.5) is 9.59 Å². The van der Waals surface area contributed by atoms with Crippen LogP contribution in [-0.2, 0) is 22.7 Å². The zero-order valence-corrected chi connectivity index (χ0v) is 12.6. The summed E-state index contributed by atoms with van der Waals surface area (Å²) in [5.74, 6) is 4.51. The Kier molecular flexibility index (Phi) is 7.53. The molecule has 1 aromatic rings. The van der Waals surface area contributed by atoms with Crippen LogP contribution in [0, 0.1) is 37.7 Å². The predicted octanol–water partition coefficient (Wildman–Crippen LogP) is 0.909. The largest absolute Gasteiger partial charge is 0.445 e. The maximum Gasteiger partial charge on any atom is 0.408 e. The molecule has 0 aliphatic carbocycles. The molecule has 1 aromatic heterocycles. The van der Waals surface area contributed by atoms with E-state index in [1.54, 1.807) is 6.92 Å². The van der Waals surface area contributed by atoms with Gasteiger partial charge in [-0.25, -0.2) is 9.59 Å². The van der Waals surface area contributed by atoms with Crippen LogP contribution in [0.25, 0.3) is 0 Å². The van der Waals surface area contributed by atoms with E-state index in [1.807, 2.05) is 0 Å². The molecule has 2 amide bonds. The number of hydrogen-bond acceptors (Lipinski definition) is 5. The lowest BCUT2D eigenvalue weighted by Crippen LogP contribution is -2.25. The molecule has 1 radical (unpaired) electrons. The fourth-order valence-corrected chi connectivity index (χ4v) is 1.47. The fourth-order valence-electron chi connectivity index (χ4n) is 1.47. The molecular formula is C16H16N3O4. The molecule has 0 fully saturated rings. The second-order valence-corrected chi connectivity index (χ2v) is 4.24. The number of carbonyl (C=O) groups is 2. The Hall–Kier alpha value is -3.19. The van der Waals surface area contributed by atoms with E-state index in [0.717, 1.165) is 0 Å². The number of amides is 2. The zero-order valence-electron chi connectivity index (χ0n) is 12.6. The van der Waals surface area contributed by atoms with Gasteiger partial charge in [-0.2, -0.15) is 0 Å². The van der Waals surface area contributed by atoms with Crippen LogP contribution in [-0.4, -0.2) is 30.3 Å². The van der Waals surface area contributed by atoms with Gasteiger partial charge in [-0.05, 0) is 6.92 Å². The average Bonchev–Trinajstić information content (AvgIpc) is 2.55. The quantitative estimate of drug-likeness (QED) is 0.762. The molecule has 0 saturated heterocycles. The van der Waals surface area contributed by atoms with Crippen molar-refractivity contribution in [2.75, 3.05) is 13.1 Å². The van der Waals surface area contributed by atoms with Gasteiger partial charge in [0.1, 0.15) is 13.2 Å². The third-order valence-corrected chi connectivity index (χ3v) is 2.51. The van der Waals surface area contributed by atoms with Gasteiger partial charge in [0.05, 0.1) is 13.1 Å². The Morgan fingerprint density at radius 1 is 1.17 bits per heavy atom. The van der Waals surface area contributed by atoms with Gasteiger partial charge in [-0.3, -0.25) is 4.98 Å². The molecule has 7 heteroatoms. The minimum atomic E-state index is -0.651. The van der Waals surface area contributed by atoms with E-state index in [4.69, 9.17) is 22.3 Å². The Labute approximate surface area is 134 Å². The number of carbonyl (C=O) groups excluding carboxylic acids is 2. The summed E-state index contributed by atoms with van der Waals surface area (Å²) in [4.78, 5) is 26.8. The molecule has 0 aliphatic heterocycles. The fraction of sp³-hybridized carbons (Fsp3) is 0.312. The molecule has 0 saturated carbocycles. The van der Waals surface area contributed by atoms with E-state index < -0.39 is 12.2 Å². The van der Waals surface area contributed by atoms with Gasteiger partial charge in [-0.1, -0.05) is 11.8 Å². The first-order chi connectivity index (χ1) is 11.1. The molecule has 0 spiro atoms. The first-order valence-electron chi connectivity index (χ1n) is 6.61. The van der Waals surface area contributed by atoms with E-state index in [1.165, 1.54) is 6.20 Å². The maximum absolute atomic E-state index is 11.4. The third-order valence-electron chi connectivity index (χ3n) is 2.51. The summed E-state index contributed by atoms with van der Waals surface area (Å²) in [6, 6.07) is 2.95. The average molecular weight is 314 g/mol. The van der Waals surface area contributed by atoms with Gasteiger partial charge in [0.25, 0.3) is 0 Å². The second kappa shape index (κ2) is 9.69. The van der Waals surface area contributed by atoms with Crippen molar-refractivity contribution in [1.82, 2.24) is 15.6 Å². The highest BCUT2D eigenvalue weighted by atomic mass is 16.6. The molecule has 0 unspecified atom stereocenters. The van der Waals surface area contributed by atoms with Crippen molar-refractivity contribution < 1.29 is 19.1 Å². The highest BCUT2D eigenvalue weighted by Crippen LogP contribution is 2.12. The number of aromatic nitrogens is 1. The van der Waals surface area contributed by atoms with E-state index in [9.17, 15) is 9.59 Å². The van der Waals surface area contributed by atoms with Crippen LogP contribution in [0.15, 0.2) is 6.20 Å². The van der Waals surface area contributed by atoms with E-state index in [0.29, 0.717) is 16.8 Å². The summed E-state index contributed by atoms with van der Waals surface area (Å²) < 4.78 is 10.0. The topological polar surface area (TPSA) is 89.6 Å². The Morgan fingerprint density at radius 2 is 1.74 bits per heavy atom. The SMILES string of the molecule is C#CCNC(=O)OCc1[c]c(C)ncc1COC(=O)NCC#C. The second-order valence-electron chi connectivity index (χ2n) is 4.24. The van der Waals surface area contributed by atoms with Crippen LogP contribution >= 0.6 is 0 Å². The molecule has 1 heterocycles. The van der Waals surface area contributed by atoms with Gasteiger partial charge in [0.15, 0.2) is 0 Å². The van der Waals surface area contributed by atoms with Crippen LogP contribution in [0.1, 0.15) is 16.8 Å². The smallest absolute Gasteiger partial charge is 0.408 e. The van der Waals surface area contributed by atoms with E-state index in [-0.39, 0.29) is 26.3 Å². The van der Waals surface area contributed by atoms with Crippen LogP contribution < -0.4 is 10.6 Å². The van der Waals surface area contributed by atoms with Crippen molar-refractivity contribution in [2.24, 2.45) is 0 Å². The maximum atomic E-state index is 11.4.